The van der Waals surface area contributed by atoms with Crippen molar-refractivity contribution in [2.75, 3.05) is 52.0 Å². The lowest BCUT2D eigenvalue weighted by Crippen LogP contribution is -2.39. The zero-order valence-corrected chi connectivity index (χ0v) is 12.9. The van der Waals surface area contributed by atoms with Gasteiger partial charge in [0, 0.05) is 39.1 Å². The molecule has 0 saturated carbocycles. The van der Waals surface area contributed by atoms with Gasteiger partial charge in [-0.1, -0.05) is 0 Å². The average Bonchev–Trinajstić information content (AvgIpc) is 2.94. The molecule has 1 aliphatic rings. The van der Waals surface area contributed by atoms with E-state index in [1.165, 1.54) is 6.42 Å². The lowest BCUT2D eigenvalue weighted by molar-refractivity contribution is 0.0168. The minimum Gasteiger partial charge on any atom is -0.379 e. The highest BCUT2D eigenvalue weighted by molar-refractivity contribution is 7.98. The van der Waals surface area contributed by atoms with Gasteiger partial charge in [-0.15, -0.1) is 0 Å². The molecule has 1 unspecified atom stereocenters. The van der Waals surface area contributed by atoms with Crippen LogP contribution in [0.1, 0.15) is 19.3 Å². The van der Waals surface area contributed by atoms with Gasteiger partial charge in [0.15, 0.2) is 5.96 Å². The molecule has 2 N–H and O–H groups in total. The van der Waals surface area contributed by atoms with Crippen molar-refractivity contribution in [2.45, 2.75) is 25.4 Å². The third-order valence-corrected chi connectivity index (χ3v) is 3.52. The van der Waals surface area contributed by atoms with Gasteiger partial charge < -0.3 is 20.1 Å². The van der Waals surface area contributed by atoms with E-state index in [2.05, 4.69) is 21.9 Å². The zero-order valence-electron chi connectivity index (χ0n) is 12.1. The van der Waals surface area contributed by atoms with Crippen LogP contribution in [-0.4, -0.2) is 64.0 Å². The van der Waals surface area contributed by atoms with E-state index >= 15 is 0 Å². The Kier molecular flexibility index (Phi) is 9.93. The number of nitrogens with one attached hydrogen (secondary N) is 2. The summed E-state index contributed by atoms with van der Waals surface area (Å²) in [6.07, 6.45) is 5.73. The van der Waals surface area contributed by atoms with Crippen molar-refractivity contribution in [3.63, 3.8) is 0 Å². The molecule has 1 aliphatic heterocycles. The molecule has 0 aliphatic carbocycles. The predicted octanol–water partition coefficient (Wildman–Crippen LogP) is 1.10. The number of nitrogens with zero attached hydrogens (tertiary/aromatic N) is 1. The lowest BCUT2D eigenvalue weighted by atomic mass is 10.2. The van der Waals surface area contributed by atoms with Gasteiger partial charge in [0.05, 0.1) is 12.7 Å². The van der Waals surface area contributed by atoms with Crippen molar-refractivity contribution in [3.8, 4) is 0 Å². The van der Waals surface area contributed by atoms with Gasteiger partial charge in [0.25, 0.3) is 0 Å². The summed E-state index contributed by atoms with van der Waals surface area (Å²) in [5.41, 5.74) is 0. The smallest absolute Gasteiger partial charge is 0.191 e. The van der Waals surface area contributed by atoms with E-state index in [1.54, 1.807) is 7.05 Å². The highest BCUT2D eigenvalue weighted by atomic mass is 32.2. The van der Waals surface area contributed by atoms with E-state index in [-0.39, 0.29) is 0 Å². The molecule has 5 nitrogen and oxygen atoms in total. The van der Waals surface area contributed by atoms with E-state index < -0.39 is 0 Å². The van der Waals surface area contributed by atoms with Crippen LogP contribution in [0.25, 0.3) is 0 Å². The van der Waals surface area contributed by atoms with E-state index in [0.717, 1.165) is 57.5 Å². The maximum absolute atomic E-state index is 5.60. The van der Waals surface area contributed by atoms with Crippen molar-refractivity contribution in [2.24, 2.45) is 4.99 Å². The Bertz CT molecular complexity index is 246. The fourth-order valence-electron chi connectivity index (χ4n) is 1.86. The van der Waals surface area contributed by atoms with Gasteiger partial charge in [-0.05, 0) is 25.5 Å². The molecule has 0 aromatic rings. The van der Waals surface area contributed by atoms with Gasteiger partial charge in [0.2, 0.25) is 0 Å². The summed E-state index contributed by atoms with van der Waals surface area (Å²) in [7, 11) is 1.79. The highest BCUT2D eigenvalue weighted by Crippen LogP contribution is 2.11. The Morgan fingerprint density at radius 3 is 2.95 bits per heavy atom. The van der Waals surface area contributed by atoms with Crippen molar-refractivity contribution < 1.29 is 9.47 Å². The first-order valence-electron chi connectivity index (χ1n) is 6.99. The van der Waals surface area contributed by atoms with Crippen molar-refractivity contribution in [1.29, 1.82) is 0 Å². The summed E-state index contributed by atoms with van der Waals surface area (Å²) in [5.74, 6) is 1.96. The topological polar surface area (TPSA) is 54.9 Å². The SMILES string of the molecule is CN=C(NCCCOCC1CCCO1)NCCSC. The number of ether oxygens (including phenoxy) is 2. The number of aliphatic imine (C=N–C) groups is 1. The molecule has 1 saturated heterocycles. The van der Waals surface area contributed by atoms with Crippen LogP contribution in [0.15, 0.2) is 4.99 Å². The molecule has 1 heterocycles. The summed E-state index contributed by atoms with van der Waals surface area (Å²) in [6.45, 7) is 4.23. The second-order valence-corrected chi connectivity index (χ2v) is 5.47. The lowest BCUT2D eigenvalue weighted by Gasteiger charge is -2.12. The van der Waals surface area contributed by atoms with Crippen LogP contribution < -0.4 is 10.6 Å². The van der Waals surface area contributed by atoms with Gasteiger partial charge in [-0.25, -0.2) is 0 Å². The average molecular weight is 289 g/mol. The van der Waals surface area contributed by atoms with Crippen LogP contribution in [0.5, 0.6) is 0 Å². The van der Waals surface area contributed by atoms with E-state index in [0.29, 0.717) is 6.10 Å². The number of thioether (sulfide) groups is 1. The van der Waals surface area contributed by atoms with E-state index in [1.807, 2.05) is 11.8 Å². The number of hydrogen-bond donors (Lipinski definition) is 2. The molecular formula is C13H27N3O2S. The third kappa shape index (κ3) is 8.34. The van der Waals surface area contributed by atoms with Crippen LogP contribution in [0.3, 0.4) is 0 Å². The second-order valence-electron chi connectivity index (χ2n) is 4.48. The van der Waals surface area contributed by atoms with E-state index in [9.17, 15) is 0 Å². The summed E-state index contributed by atoms with van der Waals surface area (Å²) >= 11 is 1.82. The first kappa shape index (κ1) is 16.6. The summed E-state index contributed by atoms with van der Waals surface area (Å²) in [4.78, 5) is 4.17. The number of guanidine groups is 1. The van der Waals surface area contributed by atoms with Crippen LogP contribution in [0.2, 0.25) is 0 Å². The van der Waals surface area contributed by atoms with Crippen molar-refractivity contribution in [1.82, 2.24) is 10.6 Å². The normalized spacial score (nSPS) is 19.7. The van der Waals surface area contributed by atoms with E-state index in [4.69, 9.17) is 9.47 Å². The molecule has 1 fully saturated rings. The maximum Gasteiger partial charge on any atom is 0.191 e. The Morgan fingerprint density at radius 2 is 2.26 bits per heavy atom. The zero-order chi connectivity index (χ0) is 13.8. The minimum atomic E-state index is 0.328. The molecule has 0 aromatic carbocycles. The van der Waals surface area contributed by atoms with Crippen LogP contribution in [-0.2, 0) is 9.47 Å². The second kappa shape index (κ2) is 11.4. The Balaban J connectivity index is 1.90. The molecule has 19 heavy (non-hydrogen) atoms. The highest BCUT2D eigenvalue weighted by Gasteiger charge is 2.14. The molecular weight excluding hydrogens is 262 g/mol. The molecule has 0 amide bonds. The Morgan fingerprint density at radius 1 is 1.42 bits per heavy atom. The first-order chi connectivity index (χ1) is 9.36. The van der Waals surface area contributed by atoms with Gasteiger partial charge >= 0.3 is 0 Å². The number of hydrogen-bond acceptors (Lipinski definition) is 4. The molecule has 0 aromatic heterocycles. The molecule has 1 atom stereocenters. The quantitative estimate of drug-likeness (QED) is 0.378. The molecule has 6 heteroatoms. The Hall–Kier alpha value is -0.460. The van der Waals surface area contributed by atoms with Crippen LogP contribution >= 0.6 is 11.8 Å². The molecule has 1 rings (SSSR count). The predicted molar refractivity (Wildman–Crippen MR) is 82.2 cm³/mol. The molecule has 0 radical (unpaired) electrons. The molecule has 0 spiro atoms. The summed E-state index contributed by atoms with van der Waals surface area (Å²) in [6, 6.07) is 0. The fraction of sp³-hybridized carbons (Fsp3) is 0.923. The third-order valence-electron chi connectivity index (χ3n) is 2.91. The largest absolute Gasteiger partial charge is 0.379 e. The summed E-state index contributed by atoms with van der Waals surface area (Å²) < 4.78 is 11.1. The van der Waals surface area contributed by atoms with Crippen molar-refractivity contribution in [3.05, 3.63) is 0 Å². The minimum absolute atomic E-state index is 0.328. The molecule has 112 valence electrons. The molecule has 0 bridgehead atoms. The summed E-state index contributed by atoms with van der Waals surface area (Å²) in [5, 5.41) is 6.54. The fourth-order valence-corrected chi connectivity index (χ4v) is 2.17. The standard InChI is InChI=1S/C13H27N3O2S/c1-14-13(16-7-10-19-2)15-6-4-8-17-11-12-5-3-9-18-12/h12H,3-11H2,1-2H3,(H2,14,15,16). The van der Waals surface area contributed by atoms with Gasteiger partial charge in [-0.2, -0.15) is 11.8 Å². The van der Waals surface area contributed by atoms with Crippen LogP contribution in [0.4, 0.5) is 0 Å². The monoisotopic (exact) mass is 289 g/mol. The van der Waals surface area contributed by atoms with Crippen LogP contribution in [0, 0.1) is 0 Å². The maximum atomic E-state index is 5.60. The van der Waals surface area contributed by atoms with Gasteiger partial charge in [-0.3, -0.25) is 4.99 Å². The number of rotatable bonds is 9. The van der Waals surface area contributed by atoms with Crippen molar-refractivity contribution >= 4 is 17.7 Å². The first-order valence-corrected chi connectivity index (χ1v) is 8.39. The Labute approximate surface area is 120 Å². The van der Waals surface area contributed by atoms with Gasteiger partial charge in [0.1, 0.15) is 0 Å².